The van der Waals surface area contributed by atoms with E-state index >= 15 is 0 Å². The molecule has 1 heterocycles. The molecular formula is C18H27N5O4. The molecule has 0 N–H and O–H groups in total. The van der Waals surface area contributed by atoms with Crippen LogP contribution in [0.25, 0.3) is 11.4 Å². The molecule has 0 saturated carbocycles. The van der Waals surface area contributed by atoms with Crippen LogP contribution in [-0.2, 0) is 14.5 Å². The van der Waals surface area contributed by atoms with Crippen LogP contribution in [0.5, 0.6) is 5.75 Å². The number of rotatable bonds is 11. The zero-order valence-electron chi connectivity index (χ0n) is 16.5. The van der Waals surface area contributed by atoms with E-state index in [4.69, 9.17) is 19.2 Å². The zero-order valence-corrected chi connectivity index (χ0v) is 16.5. The predicted octanol–water partition coefficient (Wildman–Crippen LogP) is 3.03. The normalized spacial score (nSPS) is 10.7. The molecule has 27 heavy (non-hydrogen) atoms. The fourth-order valence-corrected chi connectivity index (χ4v) is 2.27. The minimum Gasteiger partial charge on any atom is -0.493 e. The summed E-state index contributed by atoms with van der Waals surface area (Å²) in [6, 6.07) is 7.56. The van der Waals surface area contributed by atoms with E-state index in [0.29, 0.717) is 43.9 Å². The van der Waals surface area contributed by atoms with Crippen LogP contribution in [0.3, 0.4) is 0 Å². The number of hydrogen-bond acceptors (Lipinski definition) is 9. The van der Waals surface area contributed by atoms with Gasteiger partial charge in [-0.25, -0.2) is 14.7 Å². The number of para-hydroxylation sites is 1. The molecule has 148 valence electrons. The molecule has 0 aliphatic carbocycles. The molecule has 0 spiro atoms. The van der Waals surface area contributed by atoms with Crippen molar-refractivity contribution in [3.05, 3.63) is 24.3 Å². The Balaban J connectivity index is 2.56. The minimum atomic E-state index is 0.219. The molecule has 1 aromatic carbocycles. The lowest BCUT2D eigenvalue weighted by Crippen LogP contribution is -2.28. The second-order valence-corrected chi connectivity index (χ2v) is 5.20. The maximum atomic E-state index is 5.71. The first-order valence-electron chi connectivity index (χ1n) is 9.05. The van der Waals surface area contributed by atoms with Gasteiger partial charge in [0, 0.05) is 7.05 Å². The van der Waals surface area contributed by atoms with Crippen molar-refractivity contribution < 1.29 is 19.2 Å². The highest BCUT2D eigenvalue weighted by Gasteiger charge is 2.20. The Morgan fingerprint density at radius 1 is 0.778 bits per heavy atom. The molecule has 0 amide bonds. The van der Waals surface area contributed by atoms with Crippen LogP contribution in [0.2, 0.25) is 0 Å². The first kappa shape index (κ1) is 20.8. The van der Waals surface area contributed by atoms with Gasteiger partial charge in [0.15, 0.2) is 5.82 Å². The SMILES string of the molecule is CCOc1ccccc1-c1nc(N(C)OCC)nc(N(OCC)OCC)n1. The third kappa shape index (κ3) is 5.49. The lowest BCUT2D eigenvalue weighted by atomic mass is 10.2. The van der Waals surface area contributed by atoms with E-state index in [2.05, 4.69) is 15.0 Å². The first-order chi connectivity index (χ1) is 13.1. The summed E-state index contributed by atoms with van der Waals surface area (Å²) in [6.07, 6.45) is 0. The van der Waals surface area contributed by atoms with E-state index in [1.54, 1.807) is 7.05 Å². The molecule has 2 aromatic rings. The van der Waals surface area contributed by atoms with Gasteiger partial charge in [0.25, 0.3) is 11.9 Å². The molecule has 0 radical (unpaired) electrons. The molecule has 9 heteroatoms. The molecule has 0 aliphatic heterocycles. The van der Waals surface area contributed by atoms with Crippen LogP contribution < -0.4 is 15.0 Å². The van der Waals surface area contributed by atoms with Crippen LogP contribution in [0.15, 0.2) is 24.3 Å². The average Bonchev–Trinajstić information content (AvgIpc) is 2.68. The van der Waals surface area contributed by atoms with Crippen LogP contribution >= 0.6 is 0 Å². The standard InChI is InChI=1S/C18H27N5O4/c1-6-24-15-13-11-10-12-14(15)16-19-17(22(5)25-7-2)21-18(20-16)23(26-8-3)27-9-4/h10-13H,6-9H2,1-5H3. The monoisotopic (exact) mass is 377 g/mol. The van der Waals surface area contributed by atoms with E-state index in [0.717, 1.165) is 5.56 Å². The van der Waals surface area contributed by atoms with Gasteiger partial charge >= 0.3 is 0 Å². The third-order valence-electron chi connectivity index (χ3n) is 3.30. The second kappa shape index (κ2) is 10.6. The van der Waals surface area contributed by atoms with Crippen molar-refractivity contribution >= 4 is 11.9 Å². The smallest absolute Gasteiger partial charge is 0.283 e. The van der Waals surface area contributed by atoms with Gasteiger partial charge in [0.2, 0.25) is 0 Å². The second-order valence-electron chi connectivity index (χ2n) is 5.20. The van der Waals surface area contributed by atoms with E-state index in [1.807, 2.05) is 52.0 Å². The Kier molecular flexibility index (Phi) is 8.18. The van der Waals surface area contributed by atoms with Crippen molar-refractivity contribution in [2.45, 2.75) is 27.7 Å². The number of nitrogens with zero attached hydrogens (tertiary/aromatic N) is 5. The number of ether oxygens (including phenoxy) is 1. The summed E-state index contributed by atoms with van der Waals surface area (Å²) in [5.41, 5.74) is 0.738. The maximum Gasteiger partial charge on any atom is 0.283 e. The number of benzene rings is 1. The Hall–Kier alpha value is -2.49. The van der Waals surface area contributed by atoms with Gasteiger partial charge in [-0.1, -0.05) is 17.4 Å². The van der Waals surface area contributed by atoms with Gasteiger partial charge in [0.05, 0.1) is 32.0 Å². The minimum absolute atomic E-state index is 0.219. The largest absolute Gasteiger partial charge is 0.493 e. The Morgan fingerprint density at radius 2 is 1.41 bits per heavy atom. The summed E-state index contributed by atoms with van der Waals surface area (Å²) in [7, 11) is 1.73. The van der Waals surface area contributed by atoms with Crippen molar-refractivity contribution in [2.75, 3.05) is 43.8 Å². The van der Waals surface area contributed by atoms with Crippen LogP contribution in [-0.4, -0.2) is 48.4 Å². The van der Waals surface area contributed by atoms with Crippen LogP contribution in [0.1, 0.15) is 27.7 Å². The highest BCUT2D eigenvalue weighted by Crippen LogP contribution is 2.29. The van der Waals surface area contributed by atoms with Crippen molar-refractivity contribution in [1.82, 2.24) is 15.0 Å². The van der Waals surface area contributed by atoms with Gasteiger partial charge in [-0.3, -0.25) is 4.84 Å². The summed E-state index contributed by atoms with van der Waals surface area (Å²) < 4.78 is 5.71. The van der Waals surface area contributed by atoms with Gasteiger partial charge in [0.1, 0.15) is 5.75 Å². The molecule has 0 bridgehead atoms. The Bertz CT molecular complexity index is 710. The third-order valence-corrected chi connectivity index (χ3v) is 3.30. The Morgan fingerprint density at radius 3 is 2.04 bits per heavy atom. The summed E-state index contributed by atoms with van der Waals surface area (Å²) in [5, 5.41) is 2.67. The van der Waals surface area contributed by atoms with Gasteiger partial charge in [-0.05, 0) is 39.8 Å². The Labute approximate surface area is 159 Å². The summed E-state index contributed by atoms with van der Waals surface area (Å²) in [5.74, 6) is 1.65. The fourth-order valence-electron chi connectivity index (χ4n) is 2.27. The van der Waals surface area contributed by atoms with Crippen LogP contribution in [0.4, 0.5) is 11.9 Å². The van der Waals surface area contributed by atoms with Gasteiger partial charge in [-0.15, -0.1) is 0 Å². The molecule has 9 nitrogen and oxygen atoms in total. The van der Waals surface area contributed by atoms with Gasteiger partial charge in [-0.2, -0.15) is 15.0 Å². The first-order valence-corrected chi connectivity index (χ1v) is 9.05. The summed E-state index contributed by atoms with van der Waals surface area (Å²) >= 11 is 0. The maximum absolute atomic E-state index is 5.71. The number of aromatic nitrogens is 3. The highest BCUT2D eigenvalue weighted by atomic mass is 16.9. The van der Waals surface area contributed by atoms with Crippen molar-refractivity contribution in [3.8, 4) is 17.1 Å². The lowest BCUT2D eigenvalue weighted by molar-refractivity contribution is -0.0851. The molecule has 0 unspecified atom stereocenters. The van der Waals surface area contributed by atoms with E-state index in [-0.39, 0.29) is 5.95 Å². The number of hydrogen-bond donors (Lipinski definition) is 0. The summed E-state index contributed by atoms with van der Waals surface area (Å²) in [6.45, 7) is 9.32. The van der Waals surface area contributed by atoms with Gasteiger partial charge < -0.3 is 4.74 Å². The molecule has 0 aliphatic rings. The molecule has 1 aromatic heterocycles. The predicted molar refractivity (Wildman–Crippen MR) is 102 cm³/mol. The van der Waals surface area contributed by atoms with Crippen molar-refractivity contribution in [1.29, 1.82) is 0 Å². The highest BCUT2D eigenvalue weighted by molar-refractivity contribution is 5.65. The fraction of sp³-hybridized carbons (Fsp3) is 0.500. The van der Waals surface area contributed by atoms with E-state index in [9.17, 15) is 0 Å². The van der Waals surface area contributed by atoms with Crippen molar-refractivity contribution in [2.24, 2.45) is 0 Å². The lowest BCUT2D eigenvalue weighted by Gasteiger charge is -2.22. The molecule has 0 atom stereocenters. The zero-order chi connectivity index (χ0) is 19.6. The molecule has 2 rings (SSSR count). The summed E-state index contributed by atoms with van der Waals surface area (Å²) in [4.78, 5) is 30.0. The number of hydroxylamine groups is 1. The van der Waals surface area contributed by atoms with Crippen molar-refractivity contribution in [3.63, 3.8) is 0 Å². The molecule has 0 fully saturated rings. The molecular weight excluding hydrogens is 350 g/mol. The quantitative estimate of drug-likeness (QED) is 0.549. The number of anilines is 2. The molecule has 0 saturated heterocycles. The topological polar surface area (TPSA) is 82.1 Å². The van der Waals surface area contributed by atoms with E-state index < -0.39 is 0 Å². The van der Waals surface area contributed by atoms with E-state index in [1.165, 1.54) is 10.3 Å². The average molecular weight is 377 g/mol. The van der Waals surface area contributed by atoms with Crippen LogP contribution in [0, 0.1) is 0 Å².